The molecule has 3 N–H and O–H groups in total. The quantitative estimate of drug-likeness (QED) is 0.0245. The van der Waals surface area contributed by atoms with Gasteiger partial charge < -0.3 is 33.5 Å². The van der Waals surface area contributed by atoms with Gasteiger partial charge in [-0.15, -0.1) is 11.3 Å². The standard InChI is InChI=1S/C25H34ClNO3.C25H34ClNO2S.C23H31ClN2O2.C23H30ClNO3.3CH4.In.H/c2*1-4-29-24(28)25(2,3)15-9-5-6-12-22(20-10-7-8-11-21(20)26)27-16-13-23-19(18-27)14-17-30-23;1-23(2,22(27)28)13-7-3-4-10-21(18-8-5-6-9-19(18)24)26-15-12-20-17(16-26)11-14-25-20;1-23(2,22(26)27)13-7-3-4-10-20(18-8-5-6-9-19(18)24)25-14-11-21-17(16-25)12-15-28-21;;;;;/h2*7-8,10-11,14,17,22H,4-6,9,12-13,15-16,18H2,1-3H3;5-6,8-9,11,14,21,25H,3-4,7,10,12-13,15-16H2,1-2H3,(H,27,28);5-6,8-9,12,15,20H,3-4,7,10-11,13-14,16H2,1-2H3,(H,26,27);3*1H4;;. The van der Waals surface area contributed by atoms with Crippen LogP contribution in [0.25, 0.3) is 0 Å². The second-order valence-corrected chi connectivity index (χ2v) is 37.2. The molecule has 12 rings (SSSR count). The van der Waals surface area contributed by atoms with Crippen LogP contribution in [0.15, 0.2) is 154 Å². The van der Waals surface area contributed by atoms with Gasteiger partial charge in [0.15, 0.2) is 0 Å². The van der Waals surface area contributed by atoms with Crippen molar-refractivity contribution >= 4 is 107 Å². The van der Waals surface area contributed by atoms with E-state index in [1.54, 1.807) is 26.4 Å². The number of aromatic nitrogens is 1. The molecule has 8 aromatic rings. The van der Waals surface area contributed by atoms with Crippen LogP contribution in [0.5, 0.6) is 0 Å². The third-order valence-electron chi connectivity index (χ3n) is 24.2. The fourth-order valence-corrected chi connectivity index (χ4v) is 18.7. The van der Waals surface area contributed by atoms with Crippen LogP contribution >= 0.6 is 57.7 Å². The fraction of sp³-hybridized carbons (Fsp3) is 0.556. The summed E-state index contributed by atoms with van der Waals surface area (Å²) in [4.78, 5) is 61.8. The normalized spacial score (nSPS) is 15.2. The summed E-state index contributed by atoms with van der Waals surface area (Å²) in [5.41, 5.74) is 9.49. The summed E-state index contributed by atoms with van der Waals surface area (Å²) in [6.45, 7) is 27.6. The van der Waals surface area contributed by atoms with Crippen molar-refractivity contribution in [2.75, 3.05) is 39.4 Å². The van der Waals surface area contributed by atoms with Gasteiger partial charge in [-0.25, -0.2) is 0 Å². The molecule has 660 valence electrons. The number of aliphatic carboxylic acids is 2. The van der Waals surface area contributed by atoms with Gasteiger partial charge in [0.2, 0.25) is 0 Å². The van der Waals surface area contributed by atoms with Gasteiger partial charge in [-0.3, -0.25) is 38.8 Å². The first-order chi connectivity index (χ1) is 55.6. The van der Waals surface area contributed by atoms with Crippen molar-refractivity contribution < 1.29 is 47.7 Å². The second kappa shape index (κ2) is 51.6. The molecule has 120 heavy (non-hydrogen) atoms. The van der Waals surface area contributed by atoms with Gasteiger partial charge in [0.05, 0.1) is 47.4 Å². The monoisotopic (exact) mass is 1850 g/mol. The first-order valence-corrected chi connectivity index (χ1v) is 45.1. The third-order valence-corrected chi connectivity index (χ3v) is 26.6. The number of carboxylic acid groups (broad SMARTS) is 2. The van der Waals surface area contributed by atoms with E-state index in [0.29, 0.717) is 37.8 Å². The number of furan rings is 2. The van der Waals surface area contributed by atoms with Crippen molar-refractivity contribution in [1.29, 1.82) is 0 Å². The topological polar surface area (TPSA) is 182 Å². The first-order valence-electron chi connectivity index (χ1n) is 42.7. The van der Waals surface area contributed by atoms with E-state index in [-0.39, 0.29) is 66.1 Å². The van der Waals surface area contributed by atoms with E-state index < -0.39 is 33.6 Å². The molecule has 4 aliphatic rings. The number of carbonyl (C=O) groups is 4. The number of rotatable bonds is 38. The Labute approximate surface area is 762 Å². The molecule has 4 atom stereocenters. The number of benzene rings is 4. The van der Waals surface area contributed by atoms with E-state index in [1.165, 1.54) is 55.1 Å². The van der Waals surface area contributed by atoms with Gasteiger partial charge in [0.25, 0.3) is 0 Å². The Morgan fingerprint density at radius 3 is 1.07 bits per heavy atom. The van der Waals surface area contributed by atoms with Crippen LogP contribution in [-0.4, -0.2) is 124 Å². The summed E-state index contributed by atoms with van der Waals surface area (Å²) < 4.78 is 21.6. The molecule has 2 radical (unpaired) electrons. The Hall–Kier alpha value is -5.83. The number of unbranched alkanes of at least 4 members (excludes halogenated alkanes) is 8. The Morgan fingerprint density at radius 1 is 0.417 bits per heavy atom. The summed E-state index contributed by atoms with van der Waals surface area (Å²) in [7, 11) is 0. The van der Waals surface area contributed by atoms with Gasteiger partial charge in [-0.2, -0.15) is 0 Å². The average molecular weight is 1850 g/mol. The Morgan fingerprint density at radius 2 is 0.733 bits per heavy atom. The molecule has 0 fully saturated rings. The zero-order chi connectivity index (χ0) is 83.4. The molecular weight excluding hydrogens is 1710 g/mol. The van der Waals surface area contributed by atoms with Crippen molar-refractivity contribution in [1.82, 2.24) is 24.6 Å². The number of nitrogens with one attached hydrogen (secondary N) is 1. The number of aromatic amines is 1. The molecule has 21 heteroatoms. The van der Waals surface area contributed by atoms with Gasteiger partial charge in [-0.1, -0.05) is 219 Å². The van der Waals surface area contributed by atoms with Crippen LogP contribution in [0, 0.1) is 21.7 Å². The summed E-state index contributed by atoms with van der Waals surface area (Å²) >= 11 is 28.2. The maximum atomic E-state index is 12.1. The Balaban J connectivity index is 0.000000282. The van der Waals surface area contributed by atoms with Gasteiger partial charge >= 0.3 is 49.7 Å². The summed E-state index contributed by atoms with van der Waals surface area (Å²) in [6, 6.07) is 42.6. The van der Waals surface area contributed by atoms with E-state index >= 15 is 0 Å². The van der Waals surface area contributed by atoms with Crippen LogP contribution in [0.3, 0.4) is 0 Å². The first kappa shape index (κ1) is 105. The maximum absolute atomic E-state index is 12.1. The zero-order valence-electron chi connectivity index (χ0n) is 71.3. The number of nitrogens with zero attached hydrogens (tertiary/aromatic N) is 4. The number of ether oxygens (including phenoxy) is 2. The van der Waals surface area contributed by atoms with Crippen LogP contribution in [-0.2, 0) is 80.5 Å². The number of halogens is 4. The molecule has 4 aromatic carbocycles. The Bertz CT molecular complexity index is 4090. The van der Waals surface area contributed by atoms with Gasteiger partial charge in [0.1, 0.15) is 11.5 Å². The molecule has 0 amide bonds. The third kappa shape index (κ3) is 30.8. The fourth-order valence-electron chi connectivity index (χ4n) is 16.8. The summed E-state index contributed by atoms with van der Waals surface area (Å²) in [5, 5.41) is 24.1. The molecular formula is C99H142Cl4InN5O10S. The molecule has 0 saturated heterocycles. The van der Waals surface area contributed by atoms with Crippen molar-refractivity contribution in [3.8, 4) is 0 Å². The minimum absolute atomic E-state index is 0. The number of hydrogen-bond acceptors (Lipinski definition) is 13. The SMILES string of the molecule is C.C.C.CC(C)(CCCCCC(c1ccccc1Cl)N1CCc2[nH]ccc2C1)C(=O)O.CC(C)(CCCCCC(c1ccccc1Cl)N1CCc2occc2C1)C(=O)O.CCOC(=O)C(C)(C)CCCCCC(c1ccccc1Cl)N1CCc2occc2C1.CCOC(=O)C(C)(C)CCCCCC(c1ccccc1Cl)N1CCc2sccc2C1.[InH]. The molecule has 0 spiro atoms. The predicted octanol–water partition coefficient (Wildman–Crippen LogP) is 26.8. The number of thiophene rings is 1. The van der Waals surface area contributed by atoms with Crippen LogP contribution in [0.4, 0.5) is 0 Å². The molecule has 4 aromatic heterocycles. The number of carbonyl (C=O) groups excluding carboxylic acids is 2. The average Bonchev–Trinajstić information content (AvgIpc) is 1.53. The molecule has 0 bridgehead atoms. The minimum atomic E-state index is -0.717. The second-order valence-electron chi connectivity index (χ2n) is 34.6. The Kier molecular flexibility index (Phi) is 45.0. The van der Waals surface area contributed by atoms with Crippen molar-refractivity contribution in [2.45, 2.75) is 296 Å². The van der Waals surface area contributed by atoms with Gasteiger partial charge in [0, 0.05) is 144 Å². The number of esters is 2. The molecule has 0 aliphatic carbocycles. The van der Waals surface area contributed by atoms with Gasteiger partial charge in [-0.05, 0) is 214 Å². The molecule has 0 saturated carbocycles. The number of hydrogen-bond donors (Lipinski definition) is 3. The van der Waals surface area contributed by atoms with Crippen molar-refractivity contribution in [2.24, 2.45) is 21.7 Å². The number of H-pyrrole nitrogens is 1. The molecule has 15 nitrogen and oxygen atoms in total. The zero-order valence-corrected chi connectivity index (χ0v) is 79.2. The van der Waals surface area contributed by atoms with Crippen LogP contribution < -0.4 is 0 Å². The molecule has 8 heterocycles. The molecule has 4 unspecified atom stereocenters. The summed E-state index contributed by atoms with van der Waals surface area (Å²) in [5.74, 6) is 0.611. The van der Waals surface area contributed by atoms with E-state index in [1.807, 2.05) is 121 Å². The predicted molar refractivity (Wildman–Crippen MR) is 499 cm³/mol. The van der Waals surface area contributed by atoms with Crippen molar-refractivity contribution in [3.63, 3.8) is 0 Å². The van der Waals surface area contributed by atoms with Crippen molar-refractivity contribution in [3.05, 3.63) is 232 Å². The van der Waals surface area contributed by atoms with E-state index in [2.05, 4.69) is 103 Å². The van der Waals surface area contributed by atoms with E-state index in [0.717, 1.165) is 232 Å². The van der Waals surface area contributed by atoms with E-state index in [9.17, 15) is 29.4 Å². The number of carboxylic acids is 2. The van der Waals surface area contributed by atoms with Crippen LogP contribution in [0.2, 0.25) is 20.1 Å². The van der Waals surface area contributed by atoms with E-state index in [4.69, 9.17) is 64.7 Å². The summed E-state index contributed by atoms with van der Waals surface area (Å²) in [6.07, 6.45) is 29.5. The molecule has 4 aliphatic heterocycles. The van der Waals surface area contributed by atoms with Crippen LogP contribution in [0.1, 0.15) is 311 Å². The number of fused-ring (bicyclic) bond motifs is 4.